The van der Waals surface area contributed by atoms with Gasteiger partial charge in [0.05, 0.1) is 8.22 Å². The van der Waals surface area contributed by atoms with Gasteiger partial charge < -0.3 is 4.42 Å². The van der Waals surface area contributed by atoms with Crippen LogP contribution in [0.5, 0.6) is 0 Å². The fraction of sp³-hybridized carbons (Fsp3) is 0. The summed E-state index contributed by atoms with van der Waals surface area (Å²) >= 11 is 0. The van der Waals surface area contributed by atoms with Crippen molar-refractivity contribution in [1.82, 2.24) is 15.0 Å². The summed E-state index contributed by atoms with van der Waals surface area (Å²) in [5, 5.41) is 6.45. The molecule has 0 amide bonds. The molecule has 55 heavy (non-hydrogen) atoms. The van der Waals surface area contributed by atoms with Crippen LogP contribution in [0, 0.1) is 0 Å². The Morgan fingerprint density at radius 2 is 0.782 bits per heavy atom. The molecule has 0 aliphatic carbocycles. The van der Waals surface area contributed by atoms with Gasteiger partial charge in [0.2, 0.25) is 0 Å². The van der Waals surface area contributed by atoms with Crippen LogP contribution in [0.25, 0.3) is 111 Å². The molecular formula is C51H31N3O. The van der Waals surface area contributed by atoms with Gasteiger partial charge in [-0.3, -0.25) is 0 Å². The van der Waals surface area contributed by atoms with Crippen molar-refractivity contribution < 1.29 is 12.6 Å². The molecule has 0 aliphatic rings. The number of hydrogen-bond donors (Lipinski definition) is 0. The molecule has 0 atom stereocenters. The summed E-state index contributed by atoms with van der Waals surface area (Å²) < 4.78 is 62.5. The number of nitrogens with zero attached hydrogens (tertiary/aromatic N) is 3. The second-order valence-corrected chi connectivity index (χ2v) is 13.5. The van der Waals surface area contributed by atoms with E-state index in [4.69, 9.17) is 19.4 Å². The molecule has 0 radical (unpaired) electrons. The molecule has 11 aromatic rings. The third-order valence-electron chi connectivity index (χ3n) is 10.2. The summed E-state index contributed by atoms with van der Waals surface area (Å²) in [6.45, 7) is 0. The second kappa shape index (κ2) is 12.6. The smallest absolute Gasteiger partial charge is 0.164 e. The SMILES string of the molecule is [2H]c1c(-c2ccc3c4ccccc4c4ccccc4c3c2)c([2H])c2c(oc3c([2H])c(-c4nc(-c5ccccc5)nc(-c5ccc(-c6ccccc6)cc5)n4)c([2H])c([2H])c32)c1[2H]. The molecular weight excluding hydrogens is 671 g/mol. The number of rotatable bonds is 5. The van der Waals surface area contributed by atoms with E-state index in [-0.39, 0.29) is 75.1 Å². The Morgan fingerprint density at radius 1 is 0.309 bits per heavy atom. The molecule has 0 fully saturated rings. The summed E-state index contributed by atoms with van der Waals surface area (Å²) in [5.41, 5.74) is 4.01. The molecule has 4 nitrogen and oxygen atoms in total. The van der Waals surface area contributed by atoms with Crippen LogP contribution < -0.4 is 0 Å². The lowest BCUT2D eigenvalue weighted by molar-refractivity contribution is 0.669. The Balaban J connectivity index is 1.11. The van der Waals surface area contributed by atoms with Crippen LogP contribution in [-0.2, 0) is 0 Å². The summed E-state index contributed by atoms with van der Waals surface area (Å²) in [5.74, 6) is 0.654. The molecule has 4 heteroatoms. The van der Waals surface area contributed by atoms with Gasteiger partial charge in [-0.15, -0.1) is 0 Å². The number of benzene rings is 9. The van der Waals surface area contributed by atoms with Crippen molar-refractivity contribution in [3.05, 3.63) is 188 Å². The van der Waals surface area contributed by atoms with Crippen molar-refractivity contribution in [3.63, 3.8) is 0 Å². The zero-order valence-corrected chi connectivity index (χ0v) is 29.2. The molecule has 0 unspecified atom stereocenters. The van der Waals surface area contributed by atoms with Crippen LogP contribution >= 0.6 is 0 Å². The average molecular weight is 708 g/mol. The van der Waals surface area contributed by atoms with Gasteiger partial charge in [0.1, 0.15) is 11.2 Å². The predicted octanol–water partition coefficient (Wildman–Crippen LogP) is 13.6. The maximum Gasteiger partial charge on any atom is 0.164 e. The first-order valence-electron chi connectivity index (χ1n) is 21.0. The molecule has 0 bridgehead atoms. The van der Waals surface area contributed by atoms with Crippen LogP contribution in [0.3, 0.4) is 0 Å². The highest BCUT2D eigenvalue weighted by atomic mass is 16.3. The molecule has 2 heterocycles. The van der Waals surface area contributed by atoms with Crippen LogP contribution in [0.2, 0.25) is 0 Å². The average Bonchev–Trinajstić information content (AvgIpc) is 3.73. The van der Waals surface area contributed by atoms with Crippen molar-refractivity contribution in [1.29, 1.82) is 0 Å². The van der Waals surface area contributed by atoms with Crippen molar-refractivity contribution >= 4 is 54.3 Å². The first-order valence-corrected chi connectivity index (χ1v) is 18.0. The quantitative estimate of drug-likeness (QED) is 0.167. The van der Waals surface area contributed by atoms with E-state index >= 15 is 0 Å². The number of hydrogen-bond acceptors (Lipinski definition) is 4. The minimum Gasteiger partial charge on any atom is -0.456 e. The Bertz CT molecular complexity index is 3560. The normalized spacial score (nSPS) is 13.2. The molecule has 0 aliphatic heterocycles. The fourth-order valence-electron chi connectivity index (χ4n) is 7.49. The molecule has 256 valence electrons. The zero-order chi connectivity index (χ0) is 41.5. The lowest BCUT2D eigenvalue weighted by Gasteiger charge is -2.12. The van der Waals surface area contributed by atoms with Crippen molar-refractivity contribution in [2.45, 2.75) is 0 Å². The Kier molecular flexibility index (Phi) is 5.85. The van der Waals surface area contributed by atoms with Gasteiger partial charge in [0.15, 0.2) is 17.5 Å². The van der Waals surface area contributed by atoms with E-state index in [0.29, 0.717) is 28.3 Å². The predicted molar refractivity (Wildman–Crippen MR) is 227 cm³/mol. The first-order chi connectivity index (χ1) is 29.8. The summed E-state index contributed by atoms with van der Waals surface area (Å²) in [6, 6.07) is 47.9. The van der Waals surface area contributed by atoms with E-state index in [0.717, 1.165) is 43.4 Å². The third kappa shape index (κ3) is 5.34. The topological polar surface area (TPSA) is 51.8 Å². The van der Waals surface area contributed by atoms with Gasteiger partial charge in [-0.2, -0.15) is 0 Å². The zero-order valence-electron chi connectivity index (χ0n) is 35.2. The fourth-order valence-corrected chi connectivity index (χ4v) is 7.49. The number of fused-ring (bicyclic) bond motifs is 9. The van der Waals surface area contributed by atoms with Gasteiger partial charge in [-0.25, -0.2) is 15.0 Å². The van der Waals surface area contributed by atoms with Crippen molar-refractivity contribution in [2.24, 2.45) is 0 Å². The molecule has 0 N–H and O–H groups in total. The van der Waals surface area contributed by atoms with Gasteiger partial charge in [-0.1, -0.05) is 158 Å². The highest BCUT2D eigenvalue weighted by molar-refractivity contribution is 6.25. The van der Waals surface area contributed by atoms with E-state index in [9.17, 15) is 8.22 Å². The molecule has 0 saturated carbocycles. The molecule has 2 aromatic heterocycles. The Labute approximate surface area is 325 Å². The maximum absolute atomic E-state index is 9.59. The molecule has 0 saturated heterocycles. The van der Waals surface area contributed by atoms with Crippen LogP contribution in [0.4, 0.5) is 0 Å². The van der Waals surface area contributed by atoms with E-state index < -0.39 is 0 Å². The van der Waals surface area contributed by atoms with Gasteiger partial charge in [-0.05, 0) is 84.8 Å². The summed E-state index contributed by atoms with van der Waals surface area (Å²) in [6.07, 6.45) is 0. The maximum atomic E-state index is 9.59. The van der Waals surface area contributed by atoms with Gasteiger partial charge >= 0.3 is 0 Å². The minimum absolute atomic E-state index is 0.0109. The Morgan fingerprint density at radius 3 is 1.44 bits per heavy atom. The highest BCUT2D eigenvalue weighted by Gasteiger charge is 2.16. The Hall–Kier alpha value is -7.43. The van der Waals surface area contributed by atoms with Crippen LogP contribution in [0.1, 0.15) is 8.22 Å². The lowest BCUT2D eigenvalue weighted by Crippen LogP contribution is -2.00. The number of aromatic nitrogens is 3. The van der Waals surface area contributed by atoms with E-state index in [1.54, 1.807) is 0 Å². The van der Waals surface area contributed by atoms with Gasteiger partial charge in [0, 0.05) is 27.5 Å². The summed E-state index contributed by atoms with van der Waals surface area (Å²) in [4.78, 5) is 14.4. The van der Waals surface area contributed by atoms with E-state index in [1.165, 1.54) is 0 Å². The van der Waals surface area contributed by atoms with Crippen LogP contribution in [-0.4, -0.2) is 15.0 Å². The third-order valence-corrected chi connectivity index (χ3v) is 10.2. The summed E-state index contributed by atoms with van der Waals surface area (Å²) in [7, 11) is 0. The monoisotopic (exact) mass is 707 g/mol. The largest absolute Gasteiger partial charge is 0.456 e. The lowest BCUT2D eigenvalue weighted by atomic mass is 9.92. The minimum atomic E-state index is -0.331. The van der Waals surface area contributed by atoms with E-state index in [1.807, 2.05) is 127 Å². The standard InChI is InChI=1S/C51H31N3O/c1-3-11-32(12-4-1)33-19-21-35(22-20-33)50-52-49(34-13-5-2-6-14-34)53-51(54-50)38-24-27-44-46-30-37(25-28-47(46)55-48(44)31-38)36-23-26-43-41-17-8-7-15-39(41)40-16-9-10-18-42(40)45(43)29-36/h1-31H/i24D,25D,27D,28D,30D,31D. The van der Waals surface area contributed by atoms with Crippen LogP contribution in [0.15, 0.2) is 192 Å². The second-order valence-electron chi connectivity index (χ2n) is 13.5. The molecule has 9 aromatic carbocycles. The van der Waals surface area contributed by atoms with Crippen molar-refractivity contribution in [3.8, 4) is 56.4 Å². The van der Waals surface area contributed by atoms with E-state index in [2.05, 4.69) is 24.3 Å². The highest BCUT2D eigenvalue weighted by Crippen LogP contribution is 2.39. The molecule has 11 rings (SSSR count). The van der Waals surface area contributed by atoms with Gasteiger partial charge in [0.25, 0.3) is 0 Å². The van der Waals surface area contributed by atoms with Crippen molar-refractivity contribution in [2.75, 3.05) is 0 Å². The number of furan rings is 1. The first kappa shape index (κ1) is 25.5. The molecule has 0 spiro atoms.